The smallest absolute Gasteiger partial charge is 0.184 e. The first-order valence-electron chi connectivity index (χ1n) is 5.62. The molecule has 0 saturated heterocycles. The van der Waals surface area contributed by atoms with Gasteiger partial charge in [-0.1, -0.05) is 20.8 Å². The highest BCUT2D eigenvalue weighted by molar-refractivity contribution is 5.98. The molecule has 0 aliphatic heterocycles. The molecule has 0 aromatic carbocycles. The van der Waals surface area contributed by atoms with Gasteiger partial charge in [0.25, 0.3) is 0 Å². The minimum atomic E-state index is 0.207. The Morgan fingerprint density at radius 1 is 1.67 bits per heavy atom. The fourth-order valence-corrected chi connectivity index (χ4v) is 2.03. The summed E-state index contributed by atoms with van der Waals surface area (Å²) >= 11 is 0. The summed E-state index contributed by atoms with van der Waals surface area (Å²) in [6.45, 7) is 7.23. The van der Waals surface area contributed by atoms with Crippen LogP contribution < -0.4 is 0 Å². The summed E-state index contributed by atoms with van der Waals surface area (Å²) in [6, 6.07) is 1.84. The van der Waals surface area contributed by atoms with Crippen LogP contribution in [0.15, 0.2) is 12.3 Å². The van der Waals surface area contributed by atoms with Crippen molar-refractivity contribution >= 4 is 5.78 Å². The van der Waals surface area contributed by atoms with Crippen LogP contribution in [0.5, 0.6) is 0 Å². The first-order valence-corrected chi connectivity index (χ1v) is 5.62. The third kappa shape index (κ3) is 1.83. The van der Waals surface area contributed by atoms with Crippen LogP contribution in [0, 0.1) is 11.3 Å². The Morgan fingerprint density at radius 2 is 2.33 bits per heavy atom. The Bertz CT molecular complexity index is 379. The van der Waals surface area contributed by atoms with E-state index in [0.29, 0.717) is 0 Å². The van der Waals surface area contributed by atoms with E-state index in [0.717, 1.165) is 25.1 Å². The predicted octanol–water partition coefficient (Wildman–Crippen LogP) is 2.52. The number of hydrogen-bond acceptors (Lipinski definition) is 2. The molecule has 1 aromatic rings. The van der Waals surface area contributed by atoms with Gasteiger partial charge in [0.05, 0.1) is 0 Å². The number of nitrogens with zero attached hydrogens (tertiary/aromatic N) is 2. The molecule has 0 bridgehead atoms. The highest BCUT2D eigenvalue weighted by Crippen LogP contribution is 2.53. The number of carbonyl (C=O) groups excluding carboxylic acids is 1. The molecule has 1 saturated carbocycles. The molecule has 1 aromatic heterocycles. The third-order valence-electron chi connectivity index (χ3n) is 3.23. The van der Waals surface area contributed by atoms with Gasteiger partial charge in [-0.2, -0.15) is 5.10 Å². The highest BCUT2D eigenvalue weighted by atomic mass is 16.1. The van der Waals surface area contributed by atoms with Crippen LogP contribution in [0.3, 0.4) is 0 Å². The molecule has 3 nitrogen and oxygen atoms in total. The molecule has 1 aliphatic rings. The van der Waals surface area contributed by atoms with E-state index in [-0.39, 0.29) is 17.1 Å². The van der Waals surface area contributed by atoms with Crippen LogP contribution in [0.2, 0.25) is 0 Å². The molecule has 15 heavy (non-hydrogen) atoms. The minimum absolute atomic E-state index is 0.207. The molecular formula is C12H18N2O. The summed E-state index contributed by atoms with van der Waals surface area (Å²) in [5, 5.41) is 4.18. The van der Waals surface area contributed by atoms with E-state index in [4.69, 9.17) is 0 Å². The van der Waals surface area contributed by atoms with E-state index in [1.54, 1.807) is 6.20 Å². The van der Waals surface area contributed by atoms with Crippen LogP contribution in [0.4, 0.5) is 0 Å². The van der Waals surface area contributed by atoms with E-state index in [1.165, 1.54) is 0 Å². The van der Waals surface area contributed by atoms with Gasteiger partial charge in [-0.05, 0) is 24.3 Å². The summed E-state index contributed by atoms with van der Waals surface area (Å²) < 4.78 is 1.83. The van der Waals surface area contributed by atoms with Crippen molar-refractivity contribution in [2.45, 2.75) is 40.2 Å². The molecular weight excluding hydrogens is 188 g/mol. The van der Waals surface area contributed by atoms with Crippen molar-refractivity contribution in [3.05, 3.63) is 18.0 Å². The maximum atomic E-state index is 12.1. The fourth-order valence-electron chi connectivity index (χ4n) is 2.03. The van der Waals surface area contributed by atoms with E-state index >= 15 is 0 Å². The second-order valence-corrected chi connectivity index (χ2v) is 5.05. The quantitative estimate of drug-likeness (QED) is 0.709. The molecule has 0 amide bonds. The summed E-state index contributed by atoms with van der Waals surface area (Å²) in [6.07, 6.45) is 3.75. The molecule has 1 heterocycles. The molecule has 82 valence electrons. The van der Waals surface area contributed by atoms with E-state index in [9.17, 15) is 4.79 Å². The second-order valence-electron chi connectivity index (χ2n) is 5.05. The van der Waals surface area contributed by atoms with Crippen molar-refractivity contribution in [2.75, 3.05) is 0 Å². The van der Waals surface area contributed by atoms with Crippen molar-refractivity contribution in [1.82, 2.24) is 9.78 Å². The third-order valence-corrected chi connectivity index (χ3v) is 3.23. The first kappa shape index (κ1) is 10.4. The van der Waals surface area contributed by atoms with E-state index in [2.05, 4.69) is 25.9 Å². The molecule has 1 unspecified atom stereocenters. The molecule has 0 radical (unpaired) electrons. The Morgan fingerprint density at radius 3 is 2.87 bits per heavy atom. The van der Waals surface area contributed by atoms with Crippen LogP contribution in [0.1, 0.15) is 44.1 Å². The van der Waals surface area contributed by atoms with Gasteiger partial charge in [-0.3, -0.25) is 9.48 Å². The maximum absolute atomic E-state index is 12.1. The molecule has 1 fully saturated rings. The van der Waals surface area contributed by atoms with Gasteiger partial charge in [0, 0.05) is 18.7 Å². The summed E-state index contributed by atoms with van der Waals surface area (Å²) in [5.41, 5.74) is 0.991. The molecule has 0 spiro atoms. The van der Waals surface area contributed by atoms with Gasteiger partial charge >= 0.3 is 0 Å². The molecule has 1 atom stereocenters. The van der Waals surface area contributed by atoms with Crippen LogP contribution in [0.25, 0.3) is 0 Å². The minimum Gasteiger partial charge on any atom is -0.292 e. The van der Waals surface area contributed by atoms with Crippen LogP contribution in [-0.4, -0.2) is 15.6 Å². The molecule has 0 N–H and O–H groups in total. The Hall–Kier alpha value is -1.12. The van der Waals surface area contributed by atoms with Gasteiger partial charge in [0.15, 0.2) is 5.78 Å². The van der Waals surface area contributed by atoms with Gasteiger partial charge in [-0.15, -0.1) is 0 Å². The normalized spacial score (nSPS) is 22.7. The maximum Gasteiger partial charge on any atom is 0.184 e. The zero-order chi connectivity index (χ0) is 11.1. The lowest BCUT2D eigenvalue weighted by Crippen LogP contribution is -2.14. The lowest BCUT2D eigenvalue weighted by atomic mass is 10.1. The predicted molar refractivity (Wildman–Crippen MR) is 58.7 cm³/mol. The van der Waals surface area contributed by atoms with Crippen LogP contribution >= 0.6 is 0 Å². The lowest BCUT2D eigenvalue weighted by Gasteiger charge is -2.06. The van der Waals surface area contributed by atoms with Gasteiger partial charge in [-0.25, -0.2) is 0 Å². The summed E-state index contributed by atoms with van der Waals surface area (Å²) in [4.78, 5) is 12.1. The van der Waals surface area contributed by atoms with Gasteiger partial charge in [0.2, 0.25) is 0 Å². The number of hydrogen-bond donors (Lipinski definition) is 0. The zero-order valence-electron chi connectivity index (χ0n) is 9.66. The van der Waals surface area contributed by atoms with Crippen molar-refractivity contribution in [2.24, 2.45) is 11.3 Å². The number of rotatable bonds is 4. The average molecular weight is 206 g/mol. The molecule has 3 heteroatoms. The fraction of sp³-hybridized carbons (Fsp3) is 0.667. The van der Waals surface area contributed by atoms with Crippen molar-refractivity contribution in [1.29, 1.82) is 0 Å². The topological polar surface area (TPSA) is 34.9 Å². The number of aromatic nitrogens is 2. The summed E-state index contributed by atoms with van der Waals surface area (Å²) in [5.74, 6) is 0.482. The van der Waals surface area contributed by atoms with Crippen molar-refractivity contribution < 1.29 is 4.79 Å². The number of carbonyl (C=O) groups is 1. The molecule has 2 rings (SSSR count). The monoisotopic (exact) mass is 206 g/mol. The van der Waals surface area contributed by atoms with E-state index in [1.807, 2.05) is 10.7 Å². The van der Waals surface area contributed by atoms with Crippen LogP contribution in [-0.2, 0) is 6.54 Å². The molecule has 1 aliphatic carbocycles. The van der Waals surface area contributed by atoms with Crippen molar-refractivity contribution in [3.8, 4) is 0 Å². The largest absolute Gasteiger partial charge is 0.292 e. The average Bonchev–Trinajstić information content (AvgIpc) is 2.63. The van der Waals surface area contributed by atoms with Gasteiger partial charge in [0.1, 0.15) is 5.69 Å². The second kappa shape index (κ2) is 3.47. The Labute approximate surface area is 90.5 Å². The zero-order valence-corrected chi connectivity index (χ0v) is 9.66. The lowest BCUT2D eigenvalue weighted by molar-refractivity contribution is 0.0942. The number of aryl methyl sites for hydroxylation is 1. The number of ketones is 1. The highest BCUT2D eigenvalue weighted by Gasteiger charge is 2.51. The van der Waals surface area contributed by atoms with E-state index < -0.39 is 0 Å². The van der Waals surface area contributed by atoms with Gasteiger partial charge < -0.3 is 0 Å². The number of Topliss-reactive ketones (excluding diaryl/α,β-unsaturated/α-hetero) is 1. The standard InChI is InChI=1S/C12H18N2O/c1-4-7-14-10(5-6-13-14)11(15)9-8-12(9,2)3/h5-6,9H,4,7-8H2,1-3H3. The first-order chi connectivity index (χ1) is 7.06. The SMILES string of the molecule is CCCn1nccc1C(=O)C1CC1(C)C. The van der Waals surface area contributed by atoms with Crippen molar-refractivity contribution in [3.63, 3.8) is 0 Å². The summed E-state index contributed by atoms with van der Waals surface area (Å²) in [7, 11) is 0. The Balaban J connectivity index is 2.16. The Kier molecular flexibility index (Phi) is 2.41.